The number of hydrogen-bond acceptors (Lipinski definition) is 3. The van der Waals surface area contributed by atoms with Gasteiger partial charge in [-0.15, -0.1) is 0 Å². The highest BCUT2D eigenvalue weighted by atomic mass is 16.4. The van der Waals surface area contributed by atoms with Gasteiger partial charge in [-0.3, -0.25) is 0 Å². The number of hydrogen-bond donors (Lipinski definition) is 3. The van der Waals surface area contributed by atoms with Crippen LogP contribution in [0.2, 0.25) is 0 Å². The van der Waals surface area contributed by atoms with E-state index < -0.39 is 6.10 Å². The molecule has 0 spiro atoms. The Balaban J connectivity index is 1.54. The summed E-state index contributed by atoms with van der Waals surface area (Å²) in [5.41, 5.74) is 1.14. The van der Waals surface area contributed by atoms with Crippen LogP contribution in [0.15, 0.2) is 53.1 Å². The van der Waals surface area contributed by atoms with Gasteiger partial charge in [-0.2, -0.15) is 0 Å². The van der Waals surface area contributed by atoms with E-state index in [4.69, 9.17) is 4.42 Å². The Morgan fingerprint density at radius 1 is 1.20 bits per heavy atom. The molecular formula is C20H26N2O3. The van der Waals surface area contributed by atoms with Crippen molar-refractivity contribution < 1.29 is 14.3 Å². The molecule has 5 nitrogen and oxygen atoms in total. The maximum atomic E-state index is 12.4. The molecule has 25 heavy (non-hydrogen) atoms. The molecule has 0 bridgehead atoms. The van der Waals surface area contributed by atoms with E-state index in [1.54, 1.807) is 12.1 Å². The molecule has 1 aromatic heterocycles. The lowest BCUT2D eigenvalue weighted by atomic mass is 9.77. The second-order valence-electron chi connectivity index (χ2n) is 6.87. The molecule has 3 unspecified atom stereocenters. The Kier molecular flexibility index (Phi) is 5.76. The fraction of sp³-hybridized carbons (Fsp3) is 0.450. The second kappa shape index (κ2) is 8.21. The summed E-state index contributed by atoms with van der Waals surface area (Å²) >= 11 is 0. The van der Waals surface area contributed by atoms with Crippen molar-refractivity contribution in [2.24, 2.45) is 5.92 Å². The maximum absolute atomic E-state index is 12.4. The van der Waals surface area contributed by atoms with Gasteiger partial charge in [0.05, 0.1) is 12.3 Å². The molecule has 3 N–H and O–H groups in total. The van der Waals surface area contributed by atoms with Crippen molar-refractivity contribution in [2.45, 2.75) is 50.8 Å². The van der Waals surface area contributed by atoms with E-state index in [2.05, 4.69) is 22.8 Å². The number of urea groups is 1. The smallest absolute Gasteiger partial charge is 0.315 e. The third kappa shape index (κ3) is 4.63. The highest BCUT2D eigenvalue weighted by Gasteiger charge is 2.30. The zero-order valence-corrected chi connectivity index (χ0v) is 14.5. The number of nitrogens with one attached hydrogen (secondary N) is 2. The van der Waals surface area contributed by atoms with Gasteiger partial charge in [0, 0.05) is 12.5 Å². The first-order chi connectivity index (χ1) is 12.1. The van der Waals surface area contributed by atoms with Gasteiger partial charge in [0.2, 0.25) is 0 Å². The molecule has 0 radical (unpaired) electrons. The highest BCUT2D eigenvalue weighted by molar-refractivity contribution is 5.74. The second-order valence-corrected chi connectivity index (χ2v) is 6.87. The van der Waals surface area contributed by atoms with Gasteiger partial charge in [0.15, 0.2) is 0 Å². The molecule has 2 aromatic rings. The fourth-order valence-electron chi connectivity index (χ4n) is 3.30. The van der Waals surface area contributed by atoms with E-state index in [1.165, 1.54) is 12.7 Å². The van der Waals surface area contributed by atoms with Crippen molar-refractivity contribution in [1.82, 2.24) is 10.6 Å². The number of rotatable bonds is 7. The minimum absolute atomic E-state index is 0.0390. The minimum Gasteiger partial charge on any atom is -0.467 e. The zero-order chi connectivity index (χ0) is 17.6. The van der Waals surface area contributed by atoms with Crippen LogP contribution in [0.25, 0.3) is 0 Å². The molecule has 3 rings (SSSR count). The topological polar surface area (TPSA) is 74.5 Å². The average molecular weight is 342 g/mol. The third-order valence-electron chi connectivity index (χ3n) is 4.89. The molecule has 0 aliphatic heterocycles. The number of aliphatic hydroxyl groups is 1. The van der Waals surface area contributed by atoms with Crippen LogP contribution in [0.4, 0.5) is 4.79 Å². The van der Waals surface area contributed by atoms with E-state index in [0.29, 0.717) is 18.1 Å². The lowest BCUT2D eigenvalue weighted by Crippen LogP contribution is -2.45. The van der Waals surface area contributed by atoms with Crippen LogP contribution >= 0.6 is 0 Å². The van der Waals surface area contributed by atoms with E-state index in [1.807, 2.05) is 25.1 Å². The van der Waals surface area contributed by atoms with E-state index >= 15 is 0 Å². The minimum atomic E-state index is -0.721. The predicted molar refractivity (Wildman–Crippen MR) is 95.9 cm³/mol. The van der Waals surface area contributed by atoms with Crippen LogP contribution in [0, 0.1) is 5.92 Å². The molecule has 134 valence electrons. The van der Waals surface area contributed by atoms with Crippen LogP contribution in [0.5, 0.6) is 0 Å². The number of amides is 2. The molecular weight excluding hydrogens is 316 g/mol. The molecule has 1 aromatic carbocycles. The summed E-state index contributed by atoms with van der Waals surface area (Å²) < 4.78 is 5.20. The Labute approximate surface area is 148 Å². The van der Waals surface area contributed by atoms with Crippen molar-refractivity contribution >= 4 is 6.03 Å². The van der Waals surface area contributed by atoms with Crippen molar-refractivity contribution in [3.63, 3.8) is 0 Å². The zero-order valence-electron chi connectivity index (χ0n) is 14.5. The first kappa shape index (κ1) is 17.5. The van der Waals surface area contributed by atoms with Gasteiger partial charge in [-0.05, 0) is 43.4 Å². The monoisotopic (exact) mass is 342 g/mol. The normalized spacial score (nSPS) is 18.0. The Hall–Kier alpha value is -2.27. The number of benzene rings is 1. The van der Waals surface area contributed by atoms with E-state index in [0.717, 1.165) is 18.4 Å². The van der Waals surface area contributed by atoms with Crippen LogP contribution in [0.1, 0.15) is 56.1 Å². The van der Waals surface area contributed by atoms with Crippen molar-refractivity contribution in [1.29, 1.82) is 0 Å². The van der Waals surface area contributed by atoms with Crippen LogP contribution in [0.3, 0.4) is 0 Å². The van der Waals surface area contributed by atoms with Gasteiger partial charge >= 0.3 is 6.03 Å². The Morgan fingerprint density at radius 2 is 1.96 bits per heavy atom. The first-order valence-corrected chi connectivity index (χ1v) is 8.97. The van der Waals surface area contributed by atoms with E-state index in [-0.39, 0.29) is 18.1 Å². The van der Waals surface area contributed by atoms with Crippen LogP contribution < -0.4 is 10.6 Å². The average Bonchev–Trinajstić information content (AvgIpc) is 3.07. The number of carbonyl (C=O) groups is 1. The van der Waals surface area contributed by atoms with Gasteiger partial charge < -0.3 is 20.2 Å². The molecule has 5 heteroatoms. The molecule has 0 saturated heterocycles. The molecule has 1 saturated carbocycles. The molecule has 1 fully saturated rings. The maximum Gasteiger partial charge on any atom is 0.315 e. The Bertz CT molecular complexity index is 653. The molecule has 1 heterocycles. The largest absolute Gasteiger partial charge is 0.467 e. The van der Waals surface area contributed by atoms with Crippen LogP contribution in [-0.4, -0.2) is 17.2 Å². The predicted octanol–water partition coefficient (Wildman–Crippen LogP) is 3.93. The highest BCUT2D eigenvalue weighted by Crippen LogP contribution is 2.37. The first-order valence-electron chi connectivity index (χ1n) is 8.97. The van der Waals surface area contributed by atoms with Gasteiger partial charge in [0.1, 0.15) is 11.9 Å². The fourth-order valence-corrected chi connectivity index (χ4v) is 3.30. The molecule has 1 aliphatic rings. The lowest BCUT2D eigenvalue weighted by Gasteiger charge is -2.35. The summed E-state index contributed by atoms with van der Waals surface area (Å²) in [6, 6.07) is 13.3. The summed E-state index contributed by atoms with van der Waals surface area (Å²) in [4.78, 5) is 12.4. The summed E-state index contributed by atoms with van der Waals surface area (Å²) in [6.07, 6.45) is 4.73. The lowest BCUT2D eigenvalue weighted by molar-refractivity contribution is 0.129. The van der Waals surface area contributed by atoms with Gasteiger partial charge in [-0.25, -0.2) is 4.79 Å². The summed E-state index contributed by atoms with van der Waals surface area (Å²) in [5.74, 6) is 1.02. The summed E-state index contributed by atoms with van der Waals surface area (Å²) in [5, 5.41) is 16.2. The quantitative estimate of drug-likeness (QED) is 0.713. The molecule has 1 aliphatic carbocycles. The third-order valence-corrected chi connectivity index (χ3v) is 4.89. The standard InChI is InChI=1S/C20H26N2O3/c1-14(13-17(23)18-11-6-12-25-18)21-20(24)22-19(16-9-5-10-16)15-7-3-2-4-8-15/h2-4,6-8,11-12,14,16-17,19,23H,5,9-10,13H2,1H3,(H2,21,22,24). The molecule has 2 amide bonds. The molecule has 3 atom stereocenters. The van der Waals surface area contributed by atoms with Crippen molar-refractivity contribution in [3.8, 4) is 0 Å². The number of aliphatic hydroxyl groups excluding tert-OH is 1. The van der Waals surface area contributed by atoms with Gasteiger partial charge in [-0.1, -0.05) is 36.8 Å². The van der Waals surface area contributed by atoms with Gasteiger partial charge in [0.25, 0.3) is 0 Å². The van der Waals surface area contributed by atoms with E-state index in [9.17, 15) is 9.90 Å². The summed E-state index contributed by atoms with van der Waals surface area (Å²) in [7, 11) is 0. The van der Waals surface area contributed by atoms with Crippen molar-refractivity contribution in [3.05, 3.63) is 60.1 Å². The van der Waals surface area contributed by atoms with Crippen LogP contribution in [-0.2, 0) is 0 Å². The number of carbonyl (C=O) groups excluding carboxylic acids is 1. The Morgan fingerprint density at radius 3 is 2.56 bits per heavy atom. The summed E-state index contributed by atoms with van der Waals surface area (Å²) in [6.45, 7) is 1.88. The number of furan rings is 1. The van der Waals surface area contributed by atoms with Crippen molar-refractivity contribution in [2.75, 3.05) is 0 Å². The SMILES string of the molecule is CC(CC(O)c1ccco1)NC(=O)NC(c1ccccc1)C1CCC1.